The Labute approximate surface area is 289 Å². The van der Waals surface area contributed by atoms with Gasteiger partial charge in [0.25, 0.3) is 0 Å². The van der Waals surface area contributed by atoms with Crippen LogP contribution in [0.1, 0.15) is 47.9 Å². The minimum atomic E-state index is -2.49. The van der Waals surface area contributed by atoms with E-state index in [1.807, 2.05) is 0 Å². The Hall–Kier alpha value is -2.42. The molecule has 2 heterocycles. The number of rotatable bonds is 17. The fourth-order valence-corrected chi connectivity index (χ4v) is 22.1. The van der Waals surface area contributed by atoms with E-state index >= 15 is 0 Å². The zero-order valence-corrected chi connectivity index (χ0v) is 30.9. The van der Waals surface area contributed by atoms with Crippen LogP contribution in [0.3, 0.4) is 0 Å². The third-order valence-electron chi connectivity index (χ3n) is 11.5. The Bertz CT molecular complexity index is 1440. The van der Waals surface area contributed by atoms with Crippen LogP contribution in [0.5, 0.6) is 0 Å². The second-order valence-electron chi connectivity index (χ2n) is 15.5. The topological polar surface area (TPSA) is 36.9 Å². The van der Waals surface area contributed by atoms with E-state index in [-0.39, 0.29) is 11.7 Å². The normalized spacial score (nSPS) is 23.8. The van der Waals surface area contributed by atoms with Crippen LogP contribution in [-0.4, -0.2) is 62.4 Å². The van der Waals surface area contributed by atoms with Gasteiger partial charge in [-0.3, -0.25) is 0 Å². The monoisotopic (exact) mass is 686 g/mol. The first-order chi connectivity index (χ1) is 23.3. The first-order valence-electron chi connectivity index (χ1n) is 17.9. The molecule has 0 amide bonds. The molecule has 258 valence electrons. The summed E-state index contributed by atoms with van der Waals surface area (Å²) in [5.41, 5.74) is 4.97. The predicted molar refractivity (Wildman–Crippen MR) is 206 cm³/mol. The number of hydrogen-bond acceptors (Lipinski definition) is 4. The van der Waals surface area contributed by atoms with Gasteiger partial charge in [-0.15, -0.1) is 0 Å². The van der Waals surface area contributed by atoms with Gasteiger partial charge in [-0.25, -0.2) is 0 Å². The summed E-state index contributed by atoms with van der Waals surface area (Å²) in [5.74, 6) is 0.492. The molecule has 0 bridgehead atoms. The van der Waals surface area contributed by atoms with Crippen LogP contribution in [-0.2, 0) is 45.4 Å². The molecule has 4 aromatic rings. The maximum absolute atomic E-state index is 6.99. The van der Waals surface area contributed by atoms with Crippen molar-refractivity contribution in [3.63, 3.8) is 0 Å². The van der Waals surface area contributed by atoms with Crippen molar-refractivity contribution >= 4 is 13.2 Å². The summed E-state index contributed by atoms with van der Waals surface area (Å²) in [6.07, 6.45) is 11.1. The van der Waals surface area contributed by atoms with Gasteiger partial charge >= 0.3 is 290 Å². The van der Waals surface area contributed by atoms with Crippen molar-refractivity contribution in [3.8, 4) is 0 Å². The molecule has 2 aliphatic heterocycles. The van der Waals surface area contributed by atoms with Gasteiger partial charge in [-0.05, 0) is 0 Å². The Balaban J connectivity index is 1.26. The van der Waals surface area contributed by atoms with Crippen LogP contribution in [0.25, 0.3) is 0 Å². The summed E-state index contributed by atoms with van der Waals surface area (Å²) in [6.45, 7) is 2.90. The number of hydrogen-bond donors (Lipinski definition) is 0. The maximum atomic E-state index is 6.99. The average molecular weight is 687 g/mol. The van der Waals surface area contributed by atoms with Gasteiger partial charge in [0.2, 0.25) is 0 Å². The van der Waals surface area contributed by atoms with Crippen molar-refractivity contribution in [1.82, 2.24) is 0 Å². The van der Waals surface area contributed by atoms with Crippen LogP contribution in [0.2, 0.25) is 0 Å². The van der Waals surface area contributed by atoms with E-state index in [1.54, 1.807) is 0 Å². The molecule has 48 heavy (non-hydrogen) atoms. The molecule has 4 aromatic carbocycles. The van der Waals surface area contributed by atoms with Gasteiger partial charge in [0.15, 0.2) is 0 Å². The van der Waals surface area contributed by atoms with Gasteiger partial charge in [0, 0.05) is 0 Å². The third kappa shape index (κ3) is 8.47. The van der Waals surface area contributed by atoms with Crippen molar-refractivity contribution in [3.05, 3.63) is 144 Å². The fraction of sp³-hybridized carbons (Fsp3) is 0.429. The van der Waals surface area contributed by atoms with Crippen LogP contribution in [0.4, 0.5) is 0 Å². The van der Waals surface area contributed by atoms with E-state index in [0.717, 1.165) is 25.5 Å². The quantitative estimate of drug-likeness (QED) is 0.104. The molecule has 0 N–H and O–H groups in total. The van der Waals surface area contributed by atoms with E-state index < -0.39 is 13.2 Å². The first-order valence-corrected chi connectivity index (χ1v) is 24.5. The van der Waals surface area contributed by atoms with Crippen molar-refractivity contribution in [2.24, 2.45) is 0 Å². The van der Waals surface area contributed by atoms with Gasteiger partial charge < -0.3 is 0 Å². The van der Waals surface area contributed by atoms with Gasteiger partial charge in [-0.2, -0.15) is 0 Å². The summed E-state index contributed by atoms with van der Waals surface area (Å²) in [4.78, 5) is 0. The van der Waals surface area contributed by atoms with Gasteiger partial charge in [-0.1, -0.05) is 0 Å². The number of benzene rings is 4. The Morgan fingerprint density at radius 3 is 1.10 bits per heavy atom. The Morgan fingerprint density at radius 1 is 0.458 bits per heavy atom. The van der Waals surface area contributed by atoms with Gasteiger partial charge in [0.1, 0.15) is 0 Å². The molecule has 2 saturated heterocycles. The summed E-state index contributed by atoms with van der Waals surface area (Å²) in [7, 11) is 0. The summed E-state index contributed by atoms with van der Waals surface area (Å²) in [6, 6.07) is 42.6. The molecule has 0 aromatic heterocycles. The van der Waals surface area contributed by atoms with Crippen LogP contribution >= 0.6 is 13.2 Å². The second kappa shape index (κ2) is 15.6. The SMILES string of the molecule is CP1(CCP2(C)(COCc3ccccc3)CCCC2OCc2ccccc2)(COCc2ccccc2)CCCC1OCc1ccccc1. The van der Waals surface area contributed by atoms with E-state index in [2.05, 4.69) is 135 Å². The van der Waals surface area contributed by atoms with Gasteiger partial charge in [0.05, 0.1) is 0 Å². The van der Waals surface area contributed by atoms with Crippen molar-refractivity contribution in [2.75, 3.05) is 50.7 Å². The molecule has 0 aliphatic carbocycles. The third-order valence-corrected chi connectivity index (χ3v) is 24.6. The van der Waals surface area contributed by atoms with E-state index in [0.29, 0.717) is 26.4 Å². The second-order valence-corrected chi connectivity index (χ2v) is 28.6. The standard InChI is InChI=1S/C42H56O4P2/c1-47(35-43-31-37-17-7-3-8-18-37,27-15-25-41(47)45-33-39-21-11-5-12-22-39)29-30-48(2,36-44-32-38-19-9-4-10-20-38)28-16-26-42(48)46-34-40-23-13-6-14-24-40/h3-14,17-24,41-42H,15-16,25-36H2,1-2H3. The summed E-state index contributed by atoms with van der Waals surface area (Å²) >= 11 is 0. The van der Waals surface area contributed by atoms with E-state index in [1.165, 1.54) is 59.7 Å². The predicted octanol–water partition coefficient (Wildman–Crippen LogP) is 10.4. The van der Waals surface area contributed by atoms with Crippen molar-refractivity contribution in [2.45, 2.75) is 63.8 Å². The zero-order chi connectivity index (χ0) is 33.2. The Kier molecular flexibility index (Phi) is 11.5. The molecule has 0 saturated carbocycles. The minimum absolute atomic E-state index is 0.246. The van der Waals surface area contributed by atoms with E-state index in [9.17, 15) is 0 Å². The molecule has 6 rings (SSSR count). The zero-order valence-electron chi connectivity index (χ0n) is 29.1. The molecular formula is C42H56O4P2. The van der Waals surface area contributed by atoms with Crippen LogP contribution in [0.15, 0.2) is 121 Å². The molecule has 6 heteroatoms. The molecule has 0 spiro atoms. The molecule has 2 atom stereocenters. The molecule has 0 radical (unpaired) electrons. The van der Waals surface area contributed by atoms with Crippen LogP contribution in [0, 0.1) is 0 Å². The first kappa shape index (κ1) is 35.4. The summed E-state index contributed by atoms with van der Waals surface area (Å²) in [5, 5.41) is 0. The van der Waals surface area contributed by atoms with Crippen LogP contribution < -0.4 is 0 Å². The van der Waals surface area contributed by atoms with Crippen molar-refractivity contribution in [1.29, 1.82) is 0 Å². The van der Waals surface area contributed by atoms with E-state index in [4.69, 9.17) is 18.9 Å². The molecule has 2 aliphatic rings. The molecular weight excluding hydrogens is 630 g/mol. The molecule has 2 fully saturated rings. The number of ether oxygens (including phenoxy) is 4. The summed E-state index contributed by atoms with van der Waals surface area (Å²) < 4.78 is 27.5. The Morgan fingerprint density at radius 2 is 0.771 bits per heavy atom. The fourth-order valence-electron chi connectivity index (χ4n) is 8.29. The average Bonchev–Trinajstić information content (AvgIpc) is 3.64. The molecule has 4 nitrogen and oxygen atoms in total. The molecule has 2 unspecified atom stereocenters. The van der Waals surface area contributed by atoms with Crippen molar-refractivity contribution < 1.29 is 18.9 Å².